The van der Waals surface area contributed by atoms with Gasteiger partial charge in [0.05, 0.1) is 6.61 Å². The molecule has 0 spiro atoms. The van der Waals surface area contributed by atoms with Crippen LogP contribution in [0.1, 0.15) is 25.5 Å². The van der Waals surface area contributed by atoms with Crippen molar-refractivity contribution in [3.8, 4) is 0 Å². The Morgan fingerprint density at radius 2 is 2.24 bits per heavy atom. The van der Waals surface area contributed by atoms with Crippen LogP contribution >= 0.6 is 0 Å². The normalized spacial score (nSPS) is 20.2. The molecule has 21 heavy (non-hydrogen) atoms. The Hall–Kier alpha value is -0.890. The molecule has 2 N–H and O–H groups in total. The Kier molecular flexibility index (Phi) is 5.43. The Bertz CT molecular complexity index is 568. The predicted molar refractivity (Wildman–Crippen MR) is 81.4 cm³/mol. The molecule has 0 bridgehead atoms. The molecule has 6 nitrogen and oxygen atoms in total. The lowest BCUT2D eigenvalue weighted by molar-refractivity contribution is 0.157. The Labute approximate surface area is 126 Å². The van der Waals surface area contributed by atoms with E-state index in [9.17, 15) is 8.42 Å². The molecule has 0 aliphatic carbocycles. The van der Waals surface area contributed by atoms with E-state index in [1.54, 1.807) is 23.7 Å². The number of hydrogen-bond acceptors (Lipinski definition) is 4. The van der Waals surface area contributed by atoms with Gasteiger partial charge in [0.15, 0.2) is 0 Å². The molecule has 1 unspecified atom stereocenters. The summed E-state index contributed by atoms with van der Waals surface area (Å²) in [6.45, 7) is 4.90. The molecule has 0 amide bonds. The van der Waals surface area contributed by atoms with Crippen molar-refractivity contribution in [3.63, 3.8) is 0 Å². The van der Waals surface area contributed by atoms with Crippen molar-refractivity contribution >= 4 is 10.0 Å². The van der Waals surface area contributed by atoms with Crippen molar-refractivity contribution < 1.29 is 13.2 Å². The summed E-state index contributed by atoms with van der Waals surface area (Å²) >= 11 is 0. The first kappa shape index (κ1) is 16.5. The standard InChI is InChI=1S/C14H25N3O3S/c1-3-5-16-10-14(7-13(16)8-15)21(18,19)17-6-4-12(9-17)11-20-2/h7,10,12H,3-6,8-9,11,15H2,1-2H3. The zero-order valence-corrected chi connectivity index (χ0v) is 13.6. The van der Waals surface area contributed by atoms with Crippen LogP contribution in [-0.2, 0) is 27.8 Å². The van der Waals surface area contributed by atoms with Crippen LogP contribution in [0.3, 0.4) is 0 Å². The predicted octanol–water partition coefficient (Wildman–Crippen LogP) is 1.01. The van der Waals surface area contributed by atoms with Crippen molar-refractivity contribution in [1.82, 2.24) is 8.87 Å². The van der Waals surface area contributed by atoms with E-state index in [2.05, 4.69) is 6.92 Å². The van der Waals surface area contributed by atoms with Gasteiger partial charge in [-0.2, -0.15) is 4.31 Å². The van der Waals surface area contributed by atoms with E-state index >= 15 is 0 Å². The van der Waals surface area contributed by atoms with Crippen molar-refractivity contribution in [1.29, 1.82) is 0 Å². The number of hydrogen-bond donors (Lipinski definition) is 1. The third kappa shape index (κ3) is 3.48. The topological polar surface area (TPSA) is 77.6 Å². The maximum atomic E-state index is 12.7. The van der Waals surface area contributed by atoms with Crippen LogP contribution in [0.5, 0.6) is 0 Å². The first-order valence-electron chi connectivity index (χ1n) is 7.41. The molecular weight excluding hydrogens is 290 g/mol. The lowest BCUT2D eigenvalue weighted by atomic mass is 10.1. The van der Waals surface area contributed by atoms with Crippen molar-refractivity contribution in [3.05, 3.63) is 18.0 Å². The van der Waals surface area contributed by atoms with Gasteiger partial charge in [-0.25, -0.2) is 8.42 Å². The number of nitrogens with zero attached hydrogens (tertiary/aromatic N) is 2. The van der Waals surface area contributed by atoms with E-state index in [1.807, 2.05) is 4.57 Å². The minimum absolute atomic E-state index is 0.288. The van der Waals surface area contributed by atoms with Crippen LogP contribution in [0.15, 0.2) is 17.2 Å². The fourth-order valence-corrected chi connectivity index (χ4v) is 4.42. The molecule has 0 saturated carbocycles. The molecule has 1 saturated heterocycles. The first-order chi connectivity index (χ1) is 10.0. The summed E-state index contributed by atoms with van der Waals surface area (Å²) in [5, 5.41) is 0. The molecule has 2 rings (SSSR count). The number of nitrogens with two attached hydrogens (primary N) is 1. The number of rotatable bonds is 7. The van der Waals surface area contributed by atoms with Gasteiger partial charge in [0.25, 0.3) is 0 Å². The summed E-state index contributed by atoms with van der Waals surface area (Å²) in [5.74, 6) is 0.288. The Balaban J connectivity index is 2.20. The molecule has 1 aromatic heterocycles. The summed E-state index contributed by atoms with van der Waals surface area (Å²) in [5.41, 5.74) is 6.57. The number of aryl methyl sites for hydroxylation is 1. The van der Waals surface area contributed by atoms with Crippen LogP contribution in [0.2, 0.25) is 0 Å². The minimum atomic E-state index is -3.42. The number of aromatic nitrogens is 1. The zero-order chi connectivity index (χ0) is 15.5. The molecule has 7 heteroatoms. The van der Waals surface area contributed by atoms with Gasteiger partial charge in [-0.15, -0.1) is 0 Å². The smallest absolute Gasteiger partial charge is 0.244 e. The Morgan fingerprint density at radius 3 is 2.86 bits per heavy atom. The molecule has 0 radical (unpaired) electrons. The molecule has 1 aliphatic rings. The van der Waals surface area contributed by atoms with Crippen molar-refractivity contribution in [2.24, 2.45) is 11.7 Å². The van der Waals surface area contributed by atoms with Crippen LogP contribution in [0, 0.1) is 5.92 Å². The summed E-state index contributed by atoms with van der Waals surface area (Å²) in [4.78, 5) is 0.356. The van der Waals surface area contributed by atoms with Crippen molar-refractivity contribution in [2.75, 3.05) is 26.8 Å². The number of sulfonamides is 1. The molecule has 2 heterocycles. The number of methoxy groups -OCH3 is 1. The third-order valence-corrected chi connectivity index (χ3v) is 5.75. The maximum absolute atomic E-state index is 12.7. The van der Waals surface area contributed by atoms with E-state index < -0.39 is 10.0 Å². The second-order valence-corrected chi connectivity index (χ2v) is 7.48. The van der Waals surface area contributed by atoms with Crippen molar-refractivity contribution in [2.45, 2.75) is 37.8 Å². The third-order valence-electron chi connectivity index (χ3n) is 3.92. The summed E-state index contributed by atoms with van der Waals surface area (Å²) < 4.78 is 34.0. The molecule has 1 fully saturated rings. The van der Waals surface area contributed by atoms with E-state index in [-0.39, 0.29) is 5.92 Å². The second-order valence-electron chi connectivity index (χ2n) is 5.54. The SMILES string of the molecule is CCCn1cc(S(=O)(=O)N2CCC(COC)C2)cc1CN. The van der Waals surface area contributed by atoms with Crippen LogP contribution in [0.25, 0.3) is 0 Å². The summed E-state index contributed by atoms with van der Waals surface area (Å²) in [6, 6.07) is 1.70. The fourth-order valence-electron chi connectivity index (χ4n) is 2.82. The molecular formula is C14H25N3O3S. The Morgan fingerprint density at radius 1 is 1.48 bits per heavy atom. The molecule has 0 aromatic carbocycles. The lowest BCUT2D eigenvalue weighted by Gasteiger charge is -2.15. The second kappa shape index (κ2) is 6.91. The highest BCUT2D eigenvalue weighted by molar-refractivity contribution is 7.89. The summed E-state index contributed by atoms with van der Waals surface area (Å²) in [6.07, 6.45) is 3.51. The van der Waals surface area contributed by atoms with Gasteiger partial charge in [0.1, 0.15) is 4.90 Å². The highest BCUT2D eigenvalue weighted by atomic mass is 32.2. The zero-order valence-electron chi connectivity index (χ0n) is 12.8. The monoisotopic (exact) mass is 315 g/mol. The van der Waals surface area contributed by atoms with Gasteiger partial charge in [-0.3, -0.25) is 0 Å². The average molecular weight is 315 g/mol. The quantitative estimate of drug-likeness (QED) is 0.815. The van der Waals surface area contributed by atoms with Gasteiger partial charge in [-0.05, 0) is 24.8 Å². The summed E-state index contributed by atoms with van der Waals surface area (Å²) in [7, 11) is -1.77. The van der Waals surface area contributed by atoms with Crippen LogP contribution in [0.4, 0.5) is 0 Å². The minimum Gasteiger partial charge on any atom is -0.384 e. The maximum Gasteiger partial charge on any atom is 0.244 e. The van der Waals surface area contributed by atoms with Gasteiger partial charge in [0, 0.05) is 45.2 Å². The molecule has 1 atom stereocenters. The van der Waals surface area contributed by atoms with E-state index in [4.69, 9.17) is 10.5 Å². The van der Waals surface area contributed by atoms with Gasteiger partial charge in [-0.1, -0.05) is 6.92 Å². The molecule has 1 aromatic rings. The molecule has 120 valence electrons. The molecule has 1 aliphatic heterocycles. The lowest BCUT2D eigenvalue weighted by Crippen LogP contribution is -2.29. The van der Waals surface area contributed by atoms with Crippen LogP contribution < -0.4 is 5.73 Å². The van der Waals surface area contributed by atoms with Gasteiger partial charge < -0.3 is 15.0 Å². The fraction of sp³-hybridized carbons (Fsp3) is 0.714. The van der Waals surface area contributed by atoms with Gasteiger partial charge >= 0.3 is 0 Å². The highest BCUT2D eigenvalue weighted by Gasteiger charge is 2.33. The van der Waals surface area contributed by atoms with Crippen LogP contribution in [-0.4, -0.2) is 44.1 Å². The number of ether oxygens (including phenoxy) is 1. The van der Waals surface area contributed by atoms with E-state index in [0.717, 1.165) is 25.1 Å². The van der Waals surface area contributed by atoms with E-state index in [0.29, 0.717) is 31.1 Å². The average Bonchev–Trinajstić information content (AvgIpc) is 3.07. The first-order valence-corrected chi connectivity index (χ1v) is 8.85. The van der Waals surface area contributed by atoms with E-state index in [1.165, 1.54) is 0 Å². The largest absolute Gasteiger partial charge is 0.384 e. The highest BCUT2D eigenvalue weighted by Crippen LogP contribution is 2.26. The van der Waals surface area contributed by atoms with Gasteiger partial charge in [0.2, 0.25) is 10.0 Å².